The molecule has 0 fully saturated rings. The van der Waals surface area contributed by atoms with Crippen LogP contribution in [-0.4, -0.2) is 13.1 Å². The minimum Gasteiger partial charge on any atom is -0.497 e. The van der Waals surface area contributed by atoms with Gasteiger partial charge in [-0.2, -0.15) is 4.89 Å². The maximum absolute atomic E-state index is 11.4. The number of hydrogen-bond donors (Lipinski definition) is 0. The first-order valence-corrected chi connectivity index (χ1v) is 7.22. The predicted molar refractivity (Wildman–Crippen MR) is 81.7 cm³/mol. The molecular formula is C17H24O4. The fourth-order valence-corrected chi connectivity index (χ4v) is 1.61. The van der Waals surface area contributed by atoms with Gasteiger partial charge in [0.15, 0.2) is 0 Å². The standard InChI is InChI=1S/C17H24O4/c1-14(2)7-5-4-6-8-17(18)21-20-13-15-9-11-16(19-3)12-10-15/h4-5,9-12,14H,6-8,13H2,1-3H3. The van der Waals surface area contributed by atoms with Gasteiger partial charge in [0.25, 0.3) is 0 Å². The average molecular weight is 292 g/mol. The summed E-state index contributed by atoms with van der Waals surface area (Å²) in [4.78, 5) is 21.1. The van der Waals surface area contributed by atoms with Crippen LogP contribution in [0.5, 0.6) is 5.75 Å². The summed E-state index contributed by atoms with van der Waals surface area (Å²) in [6.07, 6.45) is 6.14. The first kappa shape index (κ1) is 17.2. The van der Waals surface area contributed by atoms with E-state index in [1.807, 2.05) is 30.3 Å². The number of hydrogen-bond acceptors (Lipinski definition) is 4. The highest BCUT2D eigenvalue weighted by molar-refractivity contribution is 5.68. The molecule has 0 amide bonds. The molecule has 1 aromatic carbocycles. The molecule has 0 saturated carbocycles. The van der Waals surface area contributed by atoms with Crippen molar-refractivity contribution < 1.29 is 19.3 Å². The lowest BCUT2D eigenvalue weighted by atomic mass is 10.1. The third-order valence-corrected chi connectivity index (χ3v) is 2.83. The molecule has 0 saturated heterocycles. The van der Waals surface area contributed by atoms with Crippen LogP contribution in [0.25, 0.3) is 0 Å². The van der Waals surface area contributed by atoms with Crippen LogP contribution in [0, 0.1) is 5.92 Å². The molecule has 0 aliphatic rings. The van der Waals surface area contributed by atoms with Gasteiger partial charge in [-0.15, -0.1) is 0 Å². The van der Waals surface area contributed by atoms with E-state index in [0.717, 1.165) is 17.7 Å². The second-order valence-corrected chi connectivity index (χ2v) is 5.21. The number of benzene rings is 1. The normalized spacial score (nSPS) is 11.0. The summed E-state index contributed by atoms with van der Waals surface area (Å²) in [5.41, 5.74) is 0.917. The molecule has 0 N–H and O–H groups in total. The first-order chi connectivity index (χ1) is 10.1. The van der Waals surface area contributed by atoms with Crippen LogP contribution in [0.3, 0.4) is 0 Å². The predicted octanol–water partition coefficient (Wildman–Crippen LogP) is 4.05. The zero-order valence-corrected chi connectivity index (χ0v) is 13.0. The quantitative estimate of drug-likeness (QED) is 0.391. The first-order valence-electron chi connectivity index (χ1n) is 7.22. The van der Waals surface area contributed by atoms with E-state index in [0.29, 0.717) is 18.8 Å². The minimum absolute atomic E-state index is 0.235. The van der Waals surface area contributed by atoms with Crippen molar-refractivity contribution in [3.63, 3.8) is 0 Å². The molecule has 4 nitrogen and oxygen atoms in total. The van der Waals surface area contributed by atoms with Crippen molar-refractivity contribution >= 4 is 5.97 Å². The number of rotatable bonds is 9. The maximum atomic E-state index is 11.4. The molecule has 4 heteroatoms. The van der Waals surface area contributed by atoms with E-state index < -0.39 is 0 Å². The number of ether oxygens (including phenoxy) is 1. The van der Waals surface area contributed by atoms with Crippen LogP contribution in [0.2, 0.25) is 0 Å². The molecular weight excluding hydrogens is 268 g/mol. The Bertz CT molecular complexity index is 435. The van der Waals surface area contributed by atoms with Gasteiger partial charge in [-0.25, -0.2) is 4.79 Å². The molecule has 0 aliphatic heterocycles. The van der Waals surface area contributed by atoms with Crippen molar-refractivity contribution in [3.05, 3.63) is 42.0 Å². The molecule has 0 unspecified atom stereocenters. The lowest BCUT2D eigenvalue weighted by Gasteiger charge is -2.04. The van der Waals surface area contributed by atoms with Crippen LogP contribution < -0.4 is 4.74 Å². The smallest absolute Gasteiger partial charge is 0.342 e. The van der Waals surface area contributed by atoms with E-state index >= 15 is 0 Å². The Morgan fingerprint density at radius 2 is 1.90 bits per heavy atom. The fourth-order valence-electron chi connectivity index (χ4n) is 1.61. The molecule has 0 aliphatic carbocycles. The summed E-state index contributed by atoms with van der Waals surface area (Å²) in [7, 11) is 1.61. The van der Waals surface area contributed by atoms with Crippen molar-refractivity contribution in [2.45, 2.75) is 39.7 Å². The molecule has 21 heavy (non-hydrogen) atoms. The summed E-state index contributed by atoms with van der Waals surface area (Å²) in [6, 6.07) is 7.39. The third kappa shape index (κ3) is 8.15. The summed E-state index contributed by atoms with van der Waals surface area (Å²) < 4.78 is 5.06. The monoisotopic (exact) mass is 292 g/mol. The lowest BCUT2D eigenvalue weighted by Crippen LogP contribution is -2.05. The third-order valence-electron chi connectivity index (χ3n) is 2.83. The van der Waals surface area contributed by atoms with E-state index in [4.69, 9.17) is 14.5 Å². The molecule has 0 radical (unpaired) electrons. The van der Waals surface area contributed by atoms with E-state index in [1.54, 1.807) is 7.11 Å². The minimum atomic E-state index is -0.349. The highest BCUT2D eigenvalue weighted by Crippen LogP contribution is 2.12. The van der Waals surface area contributed by atoms with E-state index in [2.05, 4.69) is 19.9 Å². The Hall–Kier alpha value is -1.81. The Balaban J connectivity index is 2.13. The van der Waals surface area contributed by atoms with Crippen molar-refractivity contribution in [2.24, 2.45) is 5.92 Å². The highest BCUT2D eigenvalue weighted by Gasteiger charge is 2.03. The number of methoxy groups -OCH3 is 1. The summed E-state index contributed by atoms with van der Waals surface area (Å²) in [5, 5.41) is 0. The average Bonchev–Trinajstić information content (AvgIpc) is 2.47. The Morgan fingerprint density at radius 1 is 1.19 bits per heavy atom. The van der Waals surface area contributed by atoms with Gasteiger partial charge in [0.05, 0.1) is 13.5 Å². The largest absolute Gasteiger partial charge is 0.497 e. The number of carbonyl (C=O) groups excluding carboxylic acids is 1. The second-order valence-electron chi connectivity index (χ2n) is 5.21. The number of carbonyl (C=O) groups is 1. The van der Waals surface area contributed by atoms with Crippen molar-refractivity contribution in [1.82, 2.24) is 0 Å². The van der Waals surface area contributed by atoms with Crippen molar-refractivity contribution in [1.29, 1.82) is 0 Å². The van der Waals surface area contributed by atoms with Gasteiger partial charge in [-0.05, 0) is 36.5 Å². The van der Waals surface area contributed by atoms with Gasteiger partial charge in [0.2, 0.25) is 0 Å². The van der Waals surface area contributed by atoms with Gasteiger partial charge < -0.3 is 4.74 Å². The molecule has 0 heterocycles. The zero-order valence-electron chi connectivity index (χ0n) is 13.0. The van der Waals surface area contributed by atoms with Crippen LogP contribution in [0.1, 0.15) is 38.7 Å². The van der Waals surface area contributed by atoms with Crippen LogP contribution in [-0.2, 0) is 21.2 Å². The van der Waals surface area contributed by atoms with Crippen molar-refractivity contribution in [2.75, 3.05) is 7.11 Å². The zero-order chi connectivity index (χ0) is 15.5. The Kier molecular flexibility index (Phi) is 8.21. The molecule has 0 aromatic heterocycles. The Labute approximate surface area is 126 Å². The number of allylic oxidation sites excluding steroid dienone is 2. The van der Waals surface area contributed by atoms with Crippen molar-refractivity contribution in [3.8, 4) is 5.75 Å². The van der Waals surface area contributed by atoms with E-state index in [9.17, 15) is 4.79 Å². The SMILES string of the molecule is COc1ccc(COOC(=O)CCC=CCC(C)C)cc1. The fraction of sp³-hybridized carbons (Fsp3) is 0.471. The summed E-state index contributed by atoms with van der Waals surface area (Å²) in [5.74, 6) is 1.07. The molecule has 0 spiro atoms. The van der Waals surface area contributed by atoms with Gasteiger partial charge in [-0.3, -0.25) is 4.89 Å². The van der Waals surface area contributed by atoms with Gasteiger partial charge >= 0.3 is 5.97 Å². The second kappa shape index (κ2) is 10.00. The van der Waals surface area contributed by atoms with Gasteiger partial charge in [0, 0.05) is 0 Å². The molecule has 0 bridgehead atoms. The highest BCUT2D eigenvalue weighted by atomic mass is 17.2. The topological polar surface area (TPSA) is 44.8 Å². The molecule has 1 aromatic rings. The van der Waals surface area contributed by atoms with E-state index in [1.165, 1.54) is 0 Å². The van der Waals surface area contributed by atoms with Crippen LogP contribution >= 0.6 is 0 Å². The Morgan fingerprint density at radius 3 is 2.52 bits per heavy atom. The van der Waals surface area contributed by atoms with Crippen LogP contribution in [0.15, 0.2) is 36.4 Å². The summed E-state index contributed by atoms with van der Waals surface area (Å²) in [6.45, 7) is 4.55. The molecule has 0 atom stereocenters. The maximum Gasteiger partial charge on any atom is 0.342 e. The lowest BCUT2D eigenvalue weighted by molar-refractivity contribution is -0.279. The molecule has 116 valence electrons. The van der Waals surface area contributed by atoms with Gasteiger partial charge in [-0.1, -0.05) is 38.1 Å². The molecule has 1 rings (SSSR count). The van der Waals surface area contributed by atoms with E-state index in [-0.39, 0.29) is 12.6 Å². The van der Waals surface area contributed by atoms with Crippen LogP contribution in [0.4, 0.5) is 0 Å². The summed E-state index contributed by atoms with van der Waals surface area (Å²) >= 11 is 0. The van der Waals surface area contributed by atoms with Gasteiger partial charge in [0.1, 0.15) is 12.4 Å².